The number of hydrogen-bond acceptors (Lipinski definition) is 6. The summed E-state index contributed by atoms with van der Waals surface area (Å²) in [5, 5.41) is 11.7. The Kier molecular flexibility index (Phi) is 3.17. The molecule has 16 heavy (non-hydrogen) atoms. The van der Waals surface area contributed by atoms with Crippen LogP contribution in [0.2, 0.25) is 0 Å². The standard InChI is InChI=1S/C10H13N5O/c1-12-9-5-13-6-10(14-9)15-2-3-16-8(4-11)7-15/h5-6,8H,2-3,7H2,1H3,(H,12,14). The molecule has 6 nitrogen and oxygen atoms in total. The molecule has 1 fully saturated rings. The maximum absolute atomic E-state index is 8.81. The van der Waals surface area contributed by atoms with Crippen molar-refractivity contribution in [2.75, 3.05) is 37.0 Å². The third-order valence-electron chi connectivity index (χ3n) is 2.41. The molecule has 1 aliphatic heterocycles. The van der Waals surface area contributed by atoms with Crippen molar-refractivity contribution in [3.05, 3.63) is 12.4 Å². The van der Waals surface area contributed by atoms with E-state index in [1.165, 1.54) is 0 Å². The van der Waals surface area contributed by atoms with Crippen LogP contribution in [0.4, 0.5) is 11.6 Å². The van der Waals surface area contributed by atoms with Crippen molar-refractivity contribution in [1.29, 1.82) is 5.26 Å². The molecular formula is C10H13N5O. The summed E-state index contributed by atoms with van der Waals surface area (Å²) in [5.41, 5.74) is 0. The Morgan fingerprint density at radius 1 is 1.62 bits per heavy atom. The smallest absolute Gasteiger partial charge is 0.161 e. The van der Waals surface area contributed by atoms with Gasteiger partial charge in [0.2, 0.25) is 0 Å². The Bertz CT molecular complexity index is 402. The van der Waals surface area contributed by atoms with E-state index in [-0.39, 0.29) is 6.10 Å². The predicted molar refractivity (Wildman–Crippen MR) is 59.1 cm³/mol. The van der Waals surface area contributed by atoms with Crippen molar-refractivity contribution in [3.8, 4) is 6.07 Å². The van der Waals surface area contributed by atoms with Gasteiger partial charge in [-0.25, -0.2) is 4.98 Å². The molecule has 1 aliphatic rings. The largest absolute Gasteiger partial charge is 0.372 e. The fourth-order valence-electron chi connectivity index (χ4n) is 1.56. The molecule has 1 atom stereocenters. The third-order valence-corrected chi connectivity index (χ3v) is 2.41. The van der Waals surface area contributed by atoms with Crippen LogP contribution in [0.15, 0.2) is 12.4 Å². The minimum atomic E-state index is -0.381. The summed E-state index contributed by atoms with van der Waals surface area (Å²) in [6.07, 6.45) is 2.97. The molecule has 0 saturated carbocycles. The van der Waals surface area contributed by atoms with Crippen molar-refractivity contribution < 1.29 is 4.74 Å². The van der Waals surface area contributed by atoms with Crippen LogP contribution in [-0.2, 0) is 4.74 Å². The van der Waals surface area contributed by atoms with Gasteiger partial charge in [-0.2, -0.15) is 5.26 Å². The summed E-state index contributed by atoms with van der Waals surface area (Å²) in [5.74, 6) is 1.49. The Morgan fingerprint density at radius 2 is 2.50 bits per heavy atom. The van der Waals surface area contributed by atoms with Gasteiger partial charge in [0.1, 0.15) is 11.6 Å². The second-order valence-corrected chi connectivity index (χ2v) is 3.45. The fourth-order valence-corrected chi connectivity index (χ4v) is 1.56. The molecule has 0 spiro atoms. The summed E-state index contributed by atoms with van der Waals surface area (Å²) >= 11 is 0. The lowest BCUT2D eigenvalue weighted by molar-refractivity contribution is 0.0761. The average molecular weight is 219 g/mol. The average Bonchev–Trinajstić information content (AvgIpc) is 2.39. The van der Waals surface area contributed by atoms with Crippen molar-refractivity contribution in [1.82, 2.24) is 9.97 Å². The number of ether oxygens (including phenoxy) is 1. The lowest BCUT2D eigenvalue weighted by atomic mass is 10.3. The van der Waals surface area contributed by atoms with Gasteiger partial charge in [-0.3, -0.25) is 4.98 Å². The van der Waals surface area contributed by atoms with E-state index in [0.29, 0.717) is 13.2 Å². The zero-order valence-electron chi connectivity index (χ0n) is 9.05. The van der Waals surface area contributed by atoms with E-state index in [0.717, 1.165) is 18.2 Å². The number of anilines is 2. The second kappa shape index (κ2) is 4.77. The van der Waals surface area contributed by atoms with E-state index in [1.807, 2.05) is 4.90 Å². The molecule has 1 saturated heterocycles. The number of morpholine rings is 1. The van der Waals surface area contributed by atoms with Crippen LogP contribution >= 0.6 is 0 Å². The van der Waals surface area contributed by atoms with Crippen LogP contribution in [0.5, 0.6) is 0 Å². The van der Waals surface area contributed by atoms with E-state index in [1.54, 1.807) is 19.4 Å². The van der Waals surface area contributed by atoms with Crippen molar-refractivity contribution in [3.63, 3.8) is 0 Å². The summed E-state index contributed by atoms with van der Waals surface area (Å²) < 4.78 is 5.27. The SMILES string of the molecule is CNc1cncc(N2CCOC(C#N)C2)n1. The lowest BCUT2D eigenvalue weighted by Gasteiger charge is -2.30. The first-order chi connectivity index (χ1) is 7.83. The van der Waals surface area contributed by atoms with Gasteiger partial charge in [0.25, 0.3) is 0 Å². The molecule has 0 bridgehead atoms. The predicted octanol–water partition coefficient (Wildman–Crippen LogP) is 0.247. The maximum Gasteiger partial charge on any atom is 0.161 e. The topological polar surface area (TPSA) is 74.1 Å². The molecule has 1 aromatic heterocycles. The number of nitrogens with one attached hydrogen (secondary N) is 1. The molecule has 2 heterocycles. The summed E-state index contributed by atoms with van der Waals surface area (Å²) in [4.78, 5) is 10.5. The number of rotatable bonds is 2. The minimum absolute atomic E-state index is 0.381. The lowest BCUT2D eigenvalue weighted by Crippen LogP contribution is -2.42. The highest BCUT2D eigenvalue weighted by molar-refractivity contribution is 5.44. The molecule has 0 aromatic carbocycles. The van der Waals surface area contributed by atoms with Crippen LogP contribution in [0, 0.1) is 11.3 Å². The minimum Gasteiger partial charge on any atom is -0.372 e. The molecule has 0 amide bonds. The van der Waals surface area contributed by atoms with Gasteiger partial charge in [-0.05, 0) is 0 Å². The molecule has 1 N–H and O–H groups in total. The van der Waals surface area contributed by atoms with Crippen LogP contribution in [0.25, 0.3) is 0 Å². The van der Waals surface area contributed by atoms with Gasteiger partial charge in [0.15, 0.2) is 6.10 Å². The van der Waals surface area contributed by atoms with Gasteiger partial charge in [-0.1, -0.05) is 0 Å². The molecule has 6 heteroatoms. The zero-order chi connectivity index (χ0) is 11.4. The van der Waals surface area contributed by atoms with E-state index < -0.39 is 0 Å². The molecule has 0 aliphatic carbocycles. The number of nitriles is 1. The van der Waals surface area contributed by atoms with Crippen molar-refractivity contribution >= 4 is 11.6 Å². The first-order valence-electron chi connectivity index (χ1n) is 5.09. The summed E-state index contributed by atoms with van der Waals surface area (Å²) in [6.45, 7) is 1.82. The van der Waals surface area contributed by atoms with Gasteiger partial charge < -0.3 is 15.0 Å². The van der Waals surface area contributed by atoms with Gasteiger partial charge in [0.05, 0.1) is 31.6 Å². The van der Waals surface area contributed by atoms with Gasteiger partial charge in [0, 0.05) is 13.6 Å². The Balaban J connectivity index is 2.14. The molecule has 0 radical (unpaired) electrons. The first kappa shape index (κ1) is 10.6. The molecule has 84 valence electrons. The van der Waals surface area contributed by atoms with Gasteiger partial charge in [-0.15, -0.1) is 0 Å². The normalized spacial score (nSPS) is 20.2. The number of aromatic nitrogens is 2. The Hall–Kier alpha value is -1.87. The van der Waals surface area contributed by atoms with E-state index in [2.05, 4.69) is 21.4 Å². The maximum atomic E-state index is 8.81. The highest BCUT2D eigenvalue weighted by Crippen LogP contribution is 2.15. The zero-order valence-corrected chi connectivity index (χ0v) is 9.05. The molecule has 1 aromatic rings. The monoisotopic (exact) mass is 219 g/mol. The Labute approximate surface area is 93.9 Å². The molecule has 1 unspecified atom stereocenters. The van der Waals surface area contributed by atoms with Crippen LogP contribution in [0.1, 0.15) is 0 Å². The van der Waals surface area contributed by atoms with Crippen LogP contribution in [0.3, 0.4) is 0 Å². The van der Waals surface area contributed by atoms with Crippen molar-refractivity contribution in [2.45, 2.75) is 6.10 Å². The fraction of sp³-hybridized carbons (Fsp3) is 0.500. The highest BCUT2D eigenvalue weighted by Gasteiger charge is 2.21. The third kappa shape index (κ3) is 2.20. The van der Waals surface area contributed by atoms with Crippen LogP contribution < -0.4 is 10.2 Å². The number of nitrogens with zero attached hydrogens (tertiary/aromatic N) is 4. The van der Waals surface area contributed by atoms with Crippen molar-refractivity contribution in [2.24, 2.45) is 0 Å². The quantitative estimate of drug-likeness (QED) is 0.768. The highest BCUT2D eigenvalue weighted by atomic mass is 16.5. The first-order valence-corrected chi connectivity index (χ1v) is 5.09. The van der Waals surface area contributed by atoms with E-state index in [4.69, 9.17) is 10.00 Å². The molecule has 2 rings (SSSR count). The van der Waals surface area contributed by atoms with E-state index >= 15 is 0 Å². The molecular weight excluding hydrogens is 206 g/mol. The second-order valence-electron chi connectivity index (χ2n) is 3.45. The Morgan fingerprint density at radius 3 is 3.25 bits per heavy atom. The number of hydrogen-bond donors (Lipinski definition) is 1. The van der Waals surface area contributed by atoms with E-state index in [9.17, 15) is 0 Å². The summed E-state index contributed by atoms with van der Waals surface area (Å²) in [7, 11) is 1.80. The van der Waals surface area contributed by atoms with Crippen LogP contribution in [-0.4, -0.2) is 42.8 Å². The van der Waals surface area contributed by atoms with Gasteiger partial charge >= 0.3 is 0 Å². The summed E-state index contributed by atoms with van der Waals surface area (Å²) in [6, 6.07) is 2.10.